The number of aliphatic hydroxyl groups is 1. The van der Waals surface area contributed by atoms with Gasteiger partial charge in [0.1, 0.15) is 6.10 Å². The Morgan fingerprint density at radius 1 is 1.00 bits per heavy atom. The van der Waals surface area contributed by atoms with Crippen LogP contribution in [-0.4, -0.2) is 44.1 Å². The van der Waals surface area contributed by atoms with Crippen molar-refractivity contribution in [2.24, 2.45) is 5.92 Å². The van der Waals surface area contributed by atoms with E-state index >= 15 is 0 Å². The predicted octanol–water partition coefficient (Wildman–Crippen LogP) is 5.22. The zero-order valence-electron chi connectivity index (χ0n) is 21.5. The van der Waals surface area contributed by atoms with Gasteiger partial charge in [0, 0.05) is 18.2 Å². The lowest BCUT2D eigenvalue weighted by Crippen LogP contribution is -2.63. The van der Waals surface area contributed by atoms with E-state index in [4.69, 9.17) is 4.74 Å². The van der Waals surface area contributed by atoms with Crippen LogP contribution in [0, 0.1) is 16.0 Å². The first-order valence-electron chi connectivity index (χ1n) is 12.5. The van der Waals surface area contributed by atoms with Gasteiger partial charge in [-0.15, -0.1) is 0 Å². The van der Waals surface area contributed by atoms with Crippen molar-refractivity contribution in [2.75, 3.05) is 0 Å². The number of nitro benzene ring substituents is 1. The number of rotatable bonds is 8. The second kappa shape index (κ2) is 11.5. The third-order valence-electron chi connectivity index (χ3n) is 6.80. The Morgan fingerprint density at radius 2 is 1.58 bits per heavy atom. The zero-order chi connectivity index (χ0) is 27.4. The van der Waals surface area contributed by atoms with Crippen LogP contribution in [0.4, 0.5) is 10.5 Å². The number of ether oxygens (including phenoxy) is 1. The summed E-state index contributed by atoms with van der Waals surface area (Å²) in [4.78, 5) is 38.1. The number of benzene rings is 3. The van der Waals surface area contributed by atoms with Gasteiger partial charge in [0.15, 0.2) is 0 Å². The second-order valence-electron chi connectivity index (χ2n) is 9.67. The molecule has 0 aromatic heterocycles. The van der Waals surface area contributed by atoms with Crippen molar-refractivity contribution >= 4 is 17.7 Å². The number of non-ortho nitro benzene ring substituents is 1. The molecular formula is C29H31N3O6. The molecule has 1 N–H and O–H groups in total. The Labute approximate surface area is 221 Å². The van der Waals surface area contributed by atoms with E-state index in [0.29, 0.717) is 5.56 Å². The van der Waals surface area contributed by atoms with Crippen molar-refractivity contribution in [3.8, 4) is 0 Å². The monoisotopic (exact) mass is 517 g/mol. The molecule has 4 rings (SSSR count). The molecule has 1 heterocycles. The van der Waals surface area contributed by atoms with Crippen LogP contribution in [0.2, 0.25) is 0 Å². The number of hydrogen-bond acceptors (Lipinski definition) is 7. The van der Waals surface area contributed by atoms with Gasteiger partial charge in [-0.3, -0.25) is 14.9 Å². The molecule has 198 valence electrons. The van der Waals surface area contributed by atoms with Gasteiger partial charge in [-0.2, -0.15) is 10.0 Å². The molecule has 0 bridgehead atoms. The number of amides is 2. The molecule has 0 unspecified atom stereocenters. The Bertz CT molecular complexity index is 1270. The van der Waals surface area contributed by atoms with E-state index in [1.807, 2.05) is 81.4 Å². The maximum absolute atomic E-state index is 14.1. The first kappa shape index (κ1) is 27.0. The van der Waals surface area contributed by atoms with Crippen molar-refractivity contribution in [1.82, 2.24) is 10.0 Å². The molecule has 3 aromatic rings. The Balaban J connectivity index is 1.70. The molecule has 1 saturated heterocycles. The minimum Gasteiger partial charge on any atom is -0.438 e. The fraction of sp³-hybridized carbons (Fsp3) is 0.310. The third-order valence-corrected chi connectivity index (χ3v) is 6.80. The Morgan fingerprint density at radius 3 is 2.13 bits per heavy atom. The fourth-order valence-corrected chi connectivity index (χ4v) is 4.95. The first-order chi connectivity index (χ1) is 18.2. The number of carbonyl (C=O) groups excluding carboxylic acids is 2. The molecule has 38 heavy (non-hydrogen) atoms. The number of cyclic esters (lactones) is 1. The van der Waals surface area contributed by atoms with Crippen molar-refractivity contribution in [1.29, 1.82) is 0 Å². The molecule has 1 fully saturated rings. The van der Waals surface area contributed by atoms with Crippen molar-refractivity contribution in [3.63, 3.8) is 0 Å². The van der Waals surface area contributed by atoms with Crippen LogP contribution >= 0.6 is 0 Å². The normalized spacial score (nSPS) is 19.6. The van der Waals surface area contributed by atoms with Crippen molar-refractivity contribution < 1.29 is 24.4 Å². The highest BCUT2D eigenvalue weighted by Gasteiger charge is 2.47. The van der Waals surface area contributed by atoms with Gasteiger partial charge in [0.2, 0.25) is 0 Å². The lowest BCUT2D eigenvalue weighted by atomic mass is 9.88. The number of carbonyl (C=O) groups is 2. The van der Waals surface area contributed by atoms with E-state index in [1.54, 1.807) is 5.01 Å². The molecule has 4 atom stereocenters. The summed E-state index contributed by atoms with van der Waals surface area (Å²) >= 11 is 0. The van der Waals surface area contributed by atoms with Crippen LogP contribution in [0.15, 0.2) is 84.9 Å². The van der Waals surface area contributed by atoms with Crippen LogP contribution in [0.3, 0.4) is 0 Å². The SMILES string of the molecule is CC(C)N1[C@@H](C)[C@@H](c2ccccc2)OC(=O)N1C(=O)[C@@H](Cc1ccccc1)[C@H](O)c1ccc([N+](=O)[O-])cc1. The molecule has 9 heteroatoms. The van der Waals surface area contributed by atoms with Crippen LogP contribution < -0.4 is 0 Å². The van der Waals surface area contributed by atoms with Gasteiger partial charge in [-0.25, -0.2) is 4.79 Å². The lowest BCUT2D eigenvalue weighted by Gasteiger charge is -2.47. The maximum Gasteiger partial charge on any atom is 0.432 e. The Kier molecular flexibility index (Phi) is 8.19. The van der Waals surface area contributed by atoms with Gasteiger partial charge in [-0.05, 0) is 56.0 Å². The Hall–Kier alpha value is -4.08. The van der Waals surface area contributed by atoms with E-state index < -0.39 is 35.0 Å². The smallest absolute Gasteiger partial charge is 0.432 e. The van der Waals surface area contributed by atoms with E-state index in [0.717, 1.165) is 16.1 Å². The molecule has 0 spiro atoms. The summed E-state index contributed by atoms with van der Waals surface area (Å²) in [5.41, 5.74) is 1.82. The van der Waals surface area contributed by atoms with Crippen LogP contribution in [0.1, 0.15) is 49.7 Å². The summed E-state index contributed by atoms with van der Waals surface area (Å²) in [6, 6.07) is 23.4. The van der Waals surface area contributed by atoms with Gasteiger partial charge < -0.3 is 9.84 Å². The van der Waals surface area contributed by atoms with E-state index in [9.17, 15) is 24.8 Å². The summed E-state index contributed by atoms with van der Waals surface area (Å²) in [5, 5.41) is 25.2. The van der Waals surface area contributed by atoms with Gasteiger partial charge in [0.05, 0.1) is 23.0 Å². The molecule has 3 aromatic carbocycles. The summed E-state index contributed by atoms with van der Waals surface area (Å²) < 4.78 is 5.79. The van der Waals surface area contributed by atoms with E-state index in [1.165, 1.54) is 24.3 Å². The number of nitrogens with zero attached hydrogens (tertiary/aromatic N) is 3. The van der Waals surface area contributed by atoms with Crippen LogP contribution in [0.5, 0.6) is 0 Å². The highest BCUT2D eigenvalue weighted by molar-refractivity contribution is 5.93. The molecule has 0 radical (unpaired) electrons. The maximum atomic E-state index is 14.1. The lowest BCUT2D eigenvalue weighted by molar-refractivity contribution is -0.384. The van der Waals surface area contributed by atoms with Crippen LogP contribution in [0.25, 0.3) is 0 Å². The topological polar surface area (TPSA) is 113 Å². The highest BCUT2D eigenvalue weighted by atomic mass is 16.6. The standard InChI is InChI=1S/C29H31N3O6/c1-19(2)30-20(3)27(23-12-8-5-9-13-23)38-29(35)31(30)28(34)25(18-21-10-6-4-7-11-21)26(33)22-14-16-24(17-15-22)32(36)37/h4-17,19-20,25-27,33H,18H2,1-3H3/t20-,25-,26+,27-/m0/s1. The van der Waals surface area contributed by atoms with Gasteiger partial charge in [0.25, 0.3) is 11.6 Å². The predicted molar refractivity (Wildman–Crippen MR) is 141 cm³/mol. The number of aliphatic hydroxyl groups excluding tert-OH is 1. The molecule has 2 amide bonds. The second-order valence-corrected chi connectivity index (χ2v) is 9.67. The van der Waals surface area contributed by atoms with Crippen LogP contribution in [-0.2, 0) is 16.0 Å². The fourth-order valence-electron chi connectivity index (χ4n) is 4.95. The first-order valence-corrected chi connectivity index (χ1v) is 12.5. The average Bonchev–Trinajstić information content (AvgIpc) is 2.92. The number of imide groups is 1. The minimum atomic E-state index is -1.33. The number of hydrogen-bond donors (Lipinski definition) is 1. The van der Waals surface area contributed by atoms with Crippen molar-refractivity contribution in [2.45, 2.75) is 51.5 Å². The van der Waals surface area contributed by atoms with Gasteiger partial charge in [-0.1, -0.05) is 60.7 Å². The minimum absolute atomic E-state index is 0.127. The molecule has 0 aliphatic carbocycles. The average molecular weight is 518 g/mol. The highest BCUT2D eigenvalue weighted by Crippen LogP contribution is 2.36. The summed E-state index contributed by atoms with van der Waals surface area (Å²) in [6.07, 6.45) is -2.58. The largest absolute Gasteiger partial charge is 0.438 e. The quantitative estimate of drug-likeness (QED) is 0.322. The molecule has 1 aliphatic rings. The van der Waals surface area contributed by atoms with E-state index in [2.05, 4.69) is 0 Å². The summed E-state index contributed by atoms with van der Waals surface area (Å²) in [6.45, 7) is 5.66. The molecule has 0 saturated carbocycles. The van der Waals surface area contributed by atoms with E-state index in [-0.39, 0.29) is 24.2 Å². The van der Waals surface area contributed by atoms with Gasteiger partial charge >= 0.3 is 6.09 Å². The summed E-state index contributed by atoms with van der Waals surface area (Å²) in [7, 11) is 0. The third kappa shape index (κ3) is 5.58. The molecule has 1 aliphatic heterocycles. The summed E-state index contributed by atoms with van der Waals surface area (Å²) in [5.74, 6) is -1.68. The van der Waals surface area contributed by atoms with Crippen molar-refractivity contribution in [3.05, 3.63) is 112 Å². The number of nitro groups is 1. The molecular weight excluding hydrogens is 486 g/mol. The molecule has 9 nitrogen and oxygen atoms in total. The number of hydrazine groups is 1. The zero-order valence-corrected chi connectivity index (χ0v) is 21.5.